The summed E-state index contributed by atoms with van der Waals surface area (Å²) in [5, 5.41) is 11.6. The molecule has 1 aliphatic rings. The van der Waals surface area contributed by atoms with Gasteiger partial charge in [-0.25, -0.2) is 0 Å². The fourth-order valence-electron chi connectivity index (χ4n) is 5.15. The highest BCUT2D eigenvalue weighted by atomic mass is 16.5. The highest BCUT2D eigenvalue weighted by Gasteiger charge is 2.35. The highest BCUT2D eigenvalue weighted by Crippen LogP contribution is 2.34. The number of amides is 1. The number of rotatable bonds is 7. The number of hydrogen-bond acceptors (Lipinski definition) is 6. The second-order valence-corrected chi connectivity index (χ2v) is 9.35. The van der Waals surface area contributed by atoms with E-state index in [1.54, 1.807) is 26.2 Å². The van der Waals surface area contributed by atoms with Crippen LogP contribution < -0.4 is 9.47 Å². The maximum absolute atomic E-state index is 14.1. The van der Waals surface area contributed by atoms with E-state index in [4.69, 9.17) is 14.2 Å². The van der Waals surface area contributed by atoms with Gasteiger partial charge in [0.25, 0.3) is 0 Å². The van der Waals surface area contributed by atoms with Crippen LogP contribution in [0.25, 0.3) is 10.8 Å². The van der Waals surface area contributed by atoms with Gasteiger partial charge in [0.15, 0.2) is 0 Å². The Labute approximate surface area is 212 Å². The summed E-state index contributed by atoms with van der Waals surface area (Å²) in [7, 11) is 4.99. The fraction of sp³-hybridized carbons (Fsp3) is 0.379. The second-order valence-electron chi connectivity index (χ2n) is 9.35. The third kappa shape index (κ3) is 5.15. The number of carbonyl (C=O) groups excluding carboxylic acids is 1. The topological polar surface area (TPSA) is 75.0 Å². The van der Waals surface area contributed by atoms with E-state index < -0.39 is 6.04 Å². The van der Waals surface area contributed by atoms with Crippen LogP contribution in [0.3, 0.4) is 0 Å². The van der Waals surface area contributed by atoms with Gasteiger partial charge >= 0.3 is 0 Å². The normalized spacial score (nSPS) is 18.9. The van der Waals surface area contributed by atoms with Gasteiger partial charge < -0.3 is 19.1 Å². The highest BCUT2D eigenvalue weighted by molar-refractivity contribution is 5.91. The molecule has 0 saturated carbocycles. The van der Waals surface area contributed by atoms with Gasteiger partial charge in [-0.05, 0) is 48.4 Å². The Morgan fingerprint density at radius 2 is 1.83 bits per heavy atom. The molecule has 0 spiro atoms. The molecule has 0 aliphatic carbocycles. The summed E-state index contributed by atoms with van der Waals surface area (Å²) in [5.41, 5.74) is 2.14. The lowest BCUT2D eigenvalue weighted by molar-refractivity contribution is -0.142. The predicted octanol–water partition coefficient (Wildman–Crippen LogP) is 4.54. The van der Waals surface area contributed by atoms with E-state index in [1.807, 2.05) is 68.4 Å². The van der Waals surface area contributed by atoms with Crippen LogP contribution >= 0.6 is 0 Å². The Bertz CT molecular complexity index is 1280. The maximum Gasteiger partial charge on any atom is 0.244 e. The van der Waals surface area contributed by atoms with Crippen molar-refractivity contribution in [3.05, 3.63) is 71.3 Å². The molecule has 1 fully saturated rings. The first-order chi connectivity index (χ1) is 17.4. The van der Waals surface area contributed by atoms with Gasteiger partial charge in [-0.1, -0.05) is 36.4 Å². The fourth-order valence-corrected chi connectivity index (χ4v) is 5.15. The van der Waals surface area contributed by atoms with Crippen molar-refractivity contribution in [3.8, 4) is 17.6 Å². The number of benzene rings is 3. The lowest BCUT2D eigenvalue weighted by atomic mass is 9.98. The molecule has 1 heterocycles. The van der Waals surface area contributed by atoms with Gasteiger partial charge in [0.2, 0.25) is 5.91 Å². The SMILES string of the molecule is COc1cccc(C(C(=O)N(C)Cc2c(OC)c(C#N)cc3ccccc23)N2C[C@@H](C)O[C@@H](C)C2)c1. The minimum absolute atomic E-state index is 0.0105. The van der Waals surface area contributed by atoms with Crippen LogP contribution in [0.15, 0.2) is 54.6 Å². The smallest absolute Gasteiger partial charge is 0.244 e. The van der Waals surface area contributed by atoms with Gasteiger partial charge in [0.05, 0.1) is 32.0 Å². The van der Waals surface area contributed by atoms with Crippen molar-refractivity contribution in [2.45, 2.75) is 38.6 Å². The van der Waals surface area contributed by atoms with Gasteiger partial charge in [0, 0.05) is 32.2 Å². The number of methoxy groups -OCH3 is 2. The van der Waals surface area contributed by atoms with E-state index in [0.29, 0.717) is 36.7 Å². The number of carbonyl (C=O) groups is 1. The van der Waals surface area contributed by atoms with Crippen molar-refractivity contribution >= 4 is 16.7 Å². The average Bonchev–Trinajstić information content (AvgIpc) is 2.88. The Morgan fingerprint density at radius 1 is 1.11 bits per heavy atom. The van der Waals surface area contributed by atoms with Crippen LogP contribution in [0.4, 0.5) is 0 Å². The lowest BCUT2D eigenvalue weighted by Crippen LogP contribution is -2.51. The maximum atomic E-state index is 14.1. The van der Waals surface area contributed by atoms with Gasteiger partial charge in [-0.2, -0.15) is 5.26 Å². The van der Waals surface area contributed by atoms with Crippen molar-refractivity contribution < 1.29 is 19.0 Å². The number of fused-ring (bicyclic) bond motifs is 1. The minimum Gasteiger partial charge on any atom is -0.497 e. The first kappa shape index (κ1) is 25.5. The summed E-state index contributed by atoms with van der Waals surface area (Å²) in [6, 6.07) is 19.1. The molecule has 0 N–H and O–H groups in total. The summed E-state index contributed by atoms with van der Waals surface area (Å²) in [6.07, 6.45) is 0.0209. The van der Waals surface area contributed by atoms with Crippen molar-refractivity contribution in [2.75, 3.05) is 34.4 Å². The van der Waals surface area contributed by atoms with E-state index in [2.05, 4.69) is 11.0 Å². The minimum atomic E-state index is -0.504. The molecule has 1 saturated heterocycles. The average molecular weight is 488 g/mol. The van der Waals surface area contributed by atoms with Crippen LogP contribution in [0.2, 0.25) is 0 Å². The Hall–Kier alpha value is -3.60. The number of nitrogens with zero attached hydrogens (tertiary/aromatic N) is 3. The second kappa shape index (κ2) is 11.0. The monoisotopic (exact) mass is 487 g/mol. The van der Waals surface area contributed by atoms with E-state index in [9.17, 15) is 10.1 Å². The van der Waals surface area contributed by atoms with Gasteiger partial charge in [-0.15, -0.1) is 0 Å². The van der Waals surface area contributed by atoms with Gasteiger partial charge in [0.1, 0.15) is 23.6 Å². The first-order valence-electron chi connectivity index (χ1n) is 12.1. The van der Waals surface area contributed by atoms with Crippen LogP contribution in [-0.2, 0) is 16.1 Å². The molecule has 7 nitrogen and oxygen atoms in total. The lowest BCUT2D eigenvalue weighted by Gasteiger charge is -2.41. The third-order valence-electron chi connectivity index (χ3n) is 6.66. The zero-order chi connectivity index (χ0) is 25.8. The number of ether oxygens (including phenoxy) is 3. The molecular weight excluding hydrogens is 454 g/mol. The molecule has 0 bridgehead atoms. The largest absolute Gasteiger partial charge is 0.497 e. The number of morpholine rings is 1. The number of nitriles is 1. The van der Waals surface area contributed by atoms with Crippen molar-refractivity contribution in [1.29, 1.82) is 5.26 Å². The summed E-state index contributed by atoms with van der Waals surface area (Å²) >= 11 is 0. The Kier molecular flexibility index (Phi) is 7.78. The van der Waals surface area contributed by atoms with Crippen LogP contribution in [0.5, 0.6) is 11.5 Å². The summed E-state index contributed by atoms with van der Waals surface area (Å²) in [5.74, 6) is 1.16. The standard InChI is InChI=1S/C29H33N3O4/c1-19-16-32(17-20(2)36-19)27(22-10-8-11-24(14-22)34-4)29(33)31(3)18-26-25-12-7-6-9-21(25)13-23(15-30)28(26)35-5/h6-14,19-20,27H,16-18H2,1-5H3/t19-,20+,27?. The molecule has 0 aromatic heterocycles. The van der Waals surface area contributed by atoms with E-state index in [1.165, 1.54) is 0 Å². The first-order valence-corrected chi connectivity index (χ1v) is 12.1. The van der Waals surface area contributed by atoms with Crippen molar-refractivity contribution in [2.24, 2.45) is 0 Å². The summed E-state index contributed by atoms with van der Waals surface area (Å²) < 4.78 is 17.1. The van der Waals surface area contributed by atoms with E-state index in [-0.39, 0.29) is 18.1 Å². The Balaban J connectivity index is 1.74. The molecule has 1 aliphatic heterocycles. The van der Waals surface area contributed by atoms with E-state index in [0.717, 1.165) is 21.9 Å². The van der Waals surface area contributed by atoms with Crippen LogP contribution in [0.1, 0.15) is 36.6 Å². The van der Waals surface area contributed by atoms with E-state index >= 15 is 0 Å². The number of likely N-dealkylation sites (N-methyl/N-ethyl adjacent to an activating group) is 1. The molecule has 4 rings (SSSR count). The van der Waals surface area contributed by atoms with Crippen molar-refractivity contribution in [1.82, 2.24) is 9.80 Å². The van der Waals surface area contributed by atoms with Crippen molar-refractivity contribution in [3.63, 3.8) is 0 Å². The predicted molar refractivity (Wildman–Crippen MR) is 139 cm³/mol. The Morgan fingerprint density at radius 3 is 2.50 bits per heavy atom. The molecule has 1 unspecified atom stereocenters. The van der Waals surface area contributed by atoms with Gasteiger partial charge in [-0.3, -0.25) is 9.69 Å². The summed E-state index contributed by atoms with van der Waals surface area (Å²) in [6.45, 7) is 5.64. The van der Waals surface area contributed by atoms with Crippen LogP contribution in [0, 0.1) is 11.3 Å². The zero-order valence-corrected chi connectivity index (χ0v) is 21.5. The van der Waals surface area contributed by atoms with Crippen LogP contribution in [-0.4, -0.2) is 62.3 Å². The quantitative estimate of drug-likeness (QED) is 0.487. The zero-order valence-electron chi connectivity index (χ0n) is 21.5. The molecule has 1 amide bonds. The molecule has 3 aromatic carbocycles. The molecule has 3 aromatic rings. The summed E-state index contributed by atoms with van der Waals surface area (Å²) in [4.78, 5) is 18.1. The molecular formula is C29H33N3O4. The molecule has 3 atom stereocenters. The third-order valence-corrected chi connectivity index (χ3v) is 6.66. The molecule has 7 heteroatoms. The molecule has 36 heavy (non-hydrogen) atoms. The molecule has 0 radical (unpaired) electrons. The number of hydrogen-bond donors (Lipinski definition) is 0. The molecule has 188 valence electrons.